The molecule has 0 aromatic heterocycles. The molecule has 1 amide bonds. The maximum Gasteiger partial charge on any atom is 0.263 e. The third-order valence-corrected chi connectivity index (χ3v) is 9.25. The van der Waals surface area contributed by atoms with Crippen molar-refractivity contribution in [3.05, 3.63) is 46.2 Å². The molecule has 1 saturated heterocycles. The number of carbonyl (C=O) groups is 1. The van der Waals surface area contributed by atoms with Crippen LogP contribution in [-0.4, -0.2) is 45.5 Å². The molecule has 33 heavy (non-hydrogen) atoms. The van der Waals surface area contributed by atoms with Crippen LogP contribution in [0.15, 0.2) is 39.7 Å². The summed E-state index contributed by atoms with van der Waals surface area (Å²) in [6.45, 7) is 1.82. The Morgan fingerprint density at radius 3 is 2.58 bits per heavy atom. The van der Waals surface area contributed by atoms with Crippen molar-refractivity contribution < 1.29 is 22.3 Å². The number of hydrogen-bond donors (Lipinski definition) is 2. The number of rotatable bonds is 5. The number of benzene rings is 2. The highest BCUT2D eigenvalue weighted by molar-refractivity contribution is 9.10. The Bertz CT molecular complexity index is 1220. The Labute approximate surface area is 200 Å². The largest absolute Gasteiger partial charge is 0.488 e. The van der Waals surface area contributed by atoms with Gasteiger partial charge in [0, 0.05) is 23.6 Å². The van der Waals surface area contributed by atoms with Crippen LogP contribution < -0.4 is 14.8 Å². The molecule has 1 aliphatic carbocycles. The average Bonchev–Trinajstić information content (AvgIpc) is 3.01. The summed E-state index contributed by atoms with van der Waals surface area (Å²) in [6, 6.07) is 6.77. The number of sulfonamides is 1. The first-order valence-corrected chi connectivity index (χ1v) is 13.3. The number of fused-ring (bicyclic) bond motifs is 2. The minimum absolute atomic E-state index is 0.0155. The van der Waals surface area contributed by atoms with Crippen molar-refractivity contribution in [1.82, 2.24) is 4.90 Å². The van der Waals surface area contributed by atoms with Crippen LogP contribution in [-0.2, 0) is 20.2 Å². The molecule has 1 saturated carbocycles. The summed E-state index contributed by atoms with van der Waals surface area (Å²) >= 11 is 3.13. The third-order valence-electron chi connectivity index (χ3n) is 6.89. The van der Waals surface area contributed by atoms with E-state index in [2.05, 4.69) is 37.9 Å². The summed E-state index contributed by atoms with van der Waals surface area (Å²) in [7, 11) is -1.94. The van der Waals surface area contributed by atoms with Crippen LogP contribution in [0.1, 0.15) is 37.7 Å². The lowest BCUT2D eigenvalue weighted by Crippen LogP contribution is -2.40. The van der Waals surface area contributed by atoms with Gasteiger partial charge in [-0.25, -0.2) is 12.8 Å². The second-order valence-corrected chi connectivity index (χ2v) is 11.6. The lowest BCUT2D eigenvalue weighted by molar-refractivity contribution is -0.123. The molecule has 7 nitrogen and oxygen atoms in total. The number of ether oxygens (including phenoxy) is 1. The van der Waals surface area contributed by atoms with Crippen LogP contribution in [0.5, 0.6) is 5.75 Å². The Hall–Kier alpha value is -2.17. The second kappa shape index (κ2) is 8.25. The van der Waals surface area contributed by atoms with E-state index in [0.29, 0.717) is 17.1 Å². The van der Waals surface area contributed by atoms with Gasteiger partial charge in [0.25, 0.3) is 10.0 Å². The SMILES string of the molecule is CN1CCC(Oc2cc(NS(=O)(=O)c3ccc(F)cc3Br)cc3c2NC(=O)C32CCC2)CC1. The van der Waals surface area contributed by atoms with Gasteiger partial charge >= 0.3 is 0 Å². The van der Waals surface area contributed by atoms with Gasteiger partial charge in [-0.1, -0.05) is 6.42 Å². The first-order chi connectivity index (χ1) is 15.7. The summed E-state index contributed by atoms with van der Waals surface area (Å²) < 4.78 is 48.7. The number of hydrogen-bond acceptors (Lipinski definition) is 5. The molecular formula is C23H25BrFN3O4S. The highest BCUT2D eigenvalue weighted by Crippen LogP contribution is 2.54. The zero-order chi connectivity index (χ0) is 23.4. The second-order valence-electron chi connectivity index (χ2n) is 9.09. The molecule has 0 unspecified atom stereocenters. The van der Waals surface area contributed by atoms with Crippen molar-refractivity contribution in [1.29, 1.82) is 0 Å². The van der Waals surface area contributed by atoms with Crippen molar-refractivity contribution in [3.63, 3.8) is 0 Å². The first kappa shape index (κ1) is 22.6. The van der Waals surface area contributed by atoms with Crippen LogP contribution >= 0.6 is 15.9 Å². The zero-order valence-corrected chi connectivity index (χ0v) is 20.6. The third kappa shape index (κ3) is 4.02. The summed E-state index contributed by atoms with van der Waals surface area (Å²) in [4.78, 5) is 15.0. The number of anilines is 2. The lowest BCUT2D eigenvalue weighted by atomic mass is 9.65. The fraction of sp³-hybridized carbons (Fsp3) is 0.435. The molecule has 176 valence electrons. The quantitative estimate of drug-likeness (QED) is 0.595. The molecule has 5 rings (SSSR count). The molecule has 2 heterocycles. The van der Waals surface area contributed by atoms with Gasteiger partial charge in [-0.2, -0.15) is 0 Å². The fourth-order valence-electron chi connectivity index (χ4n) is 4.84. The Morgan fingerprint density at radius 1 is 1.21 bits per heavy atom. The summed E-state index contributed by atoms with van der Waals surface area (Å²) in [6.07, 6.45) is 4.07. The predicted molar refractivity (Wildman–Crippen MR) is 127 cm³/mol. The van der Waals surface area contributed by atoms with Crippen molar-refractivity contribution in [2.45, 2.75) is 48.5 Å². The number of likely N-dealkylation sites (tertiary alicyclic amines) is 1. The number of piperidine rings is 1. The van der Waals surface area contributed by atoms with Gasteiger partial charge in [0.15, 0.2) is 0 Å². The van der Waals surface area contributed by atoms with Crippen LogP contribution in [0.2, 0.25) is 0 Å². The molecule has 10 heteroatoms. The van der Waals surface area contributed by atoms with Gasteiger partial charge in [0.1, 0.15) is 22.6 Å². The summed E-state index contributed by atoms with van der Waals surface area (Å²) in [5.74, 6) is -0.114. The Balaban J connectivity index is 1.52. The van der Waals surface area contributed by atoms with Crippen molar-refractivity contribution >= 4 is 43.2 Å². The van der Waals surface area contributed by atoms with Gasteiger partial charge < -0.3 is 15.0 Å². The smallest absolute Gasteiger partial charge is 0.263 e. The zero-order valence-electron chi connectivity index (χ0n) is 18.2. The number of nitrogens with zero attached hydrogens (tertiary/aromatic N) is 1. The highest BCUT2D eigenvalue weighted by atomic mass is 79.9. The molecule has 1 spiro atoms. The number of amides is 1. The molecule has 3 aliphatic rings. The van der Waals surface area contributed by atoms with E-state index in [-0.39, 0.29) is 21.4 Å². The van der Waals surface area contributed by atoms with E-state index in [1.807, 2.05) is 0 Å². The van der Waals surface area contributed by atoms with Gasteiger partial charge in [-0.15, -0.1) is 0 Å². The van der Waals surface area contributed by atoms with Crippen LogP contribution in [0.4, 0.5) is 15.8 Å². The minimum atomic E-state index is -4.01. The molecular weight excluding hydrogens is 513 g/mol. The Morgan fingerprint density at radius 2 is 1.94 bits per heavy atom. The molecule has 2 aliphatic heterocycles. The predicted octanol–water partition coefficient (Wildman–Crippen LogP) is 4.24. The van der Waals surface area contributed by atoms with Gasteiger partial charge in [0.05, 0.1) is 16.8 Å². The fourth-order valence-corrected chi connectivity index (χ4v) is 6.93. The monoisotopic (exact) mass is 537 g/mol. The average molecular weight is 538 g/mol. The van der Waals surface area contributed by atoms with E-state index in [9.17, 15) is 17.6 Å². The van der Waals surface area contributed by atoms with E-state index in [1.54, 1.807) is 12.1 Å². The highest BCUT2D eigenvalue weighted by Gasteiger charge is 2.52. The van der Waals surface area contributed by atoms with Crippen molar-refractivity contribution in [2.75, 3.05) is 30.2 Å². The van der Waals surface area contributed by atoms with E-state index in [4.69, 9.17) is 4.74 Å². The summed E-state index contributed by atoms with van der Waals surface area (Å²) in [5.41, 5.74) is 1.11. The van der Waals surface area contributed by atoms with Gasteiger partial charge in [0.2, 0.25) is 5.91 Å². The summed E-state index contributed by atoms with van der Waals surface area (Å²) in [5, 5.41) is 2.99. The molecule has 0 radical (unpaired) electrons. The normalized spacial score (nSPS) is 20.3. The van der Waals surface area contributed by atoms with E-state index >= 15 is 0 Å². The van der Waals surface area contributed by atoms with Crippen LogP contribution in [0, 0.1) is 5.82 Å². The van der Waals surface area contributed by atoms with Crippen molar-refractivity contribution in [2.24, 2.45) is 0 Å². The molecule has 0 atom stereocenters. The van der Waals surface area contributed by atoms with Gasteiger partial charge in [-0.3, -0.25) is 9.52 Å². The van der Waals surface area contributed by atoms with Crippen LogP contribution in [0.3, 0.4) is 0 Å². The molecule has 2 N–H and O–H groups in total. The first-order valence-electron chi connectivity index (χ1n) is 11.0. The van der Waals surface area contributed by atoms with Gasteiger partial charge in [-0.05, 0) is 78.5 Å². The molecule has 2 fully saturated rings. The number of nitrogens with one attached hydrogen (secondary N) is 2. The standard InChI is InChI=1S/C23H25BrFN3O4S/c1-28-9-5-16(6-10-28)32-19-13-15(12-17-21(19)26-22(29)23(17)7-2-8-23)27-33(30,31)20-4-3-14(25)11-18(20)24/h3-4,11-13,16,27H,2,5-10H2,1H3,(H,26,29). The minimum Gasteiger partial charge on any atom is -0.488 e. The van der Waals surface area contributed by atoms with E-state index in [0.717, 1.165) is 62.9 Å². The van der Waals surface area contributed by atoms with Crippen molar-refractivity contribution in [3.8, 4) is 5.75 Å². The molecule has 2 aromatic rings. The number of carbonyl (C=O) groups excluding carboxylic acids is 1. The van der Waals surface area contributed by atoms with E-state index < -0.39 is 21.3 Å². The molecule has 2 aromatic carbocycles. The van der Waals surface area contributed by atoms with Crippen LogP contribution in [0.25, 0.3) is 0 Å². The maximum absolute atomic E-state index is 13.5. The topological polar surface area (TPSA) is 87.7 Å². The molecule has 0 bridgehead atoms. The number of halogens is 2. The lowest BCUT2D eigenvalue weighted by Gasteiger charge is -2.36. The Kier molecular flexibility index (Phi) is 5.65. The van der Waals surface area contributed by atoms with E-state index in [1.165, 1.54) is 6.07 Å². The maximum atomic E-state index is 13.5.